The molecule has 0 aliphatic carbocycles. The van der Waals surface area contributed by atoms with Gasteiger partial charge < -0.3 is 19.8 Å². The maximum absolute atomic E-state index is 12.2. The number of carbonyl (C=O) groups is 1. The molecule has 3 rings (SSSR count). The number of hydrogen-bond donors (Lipinski definition) is 2. The Bertz CT molecular complexity index is 983. The standard InChI is InChI=1S/C19H17ClN2O4/c1-25-16-5-2-12-8-13(19(24)22-17(12)9-16)10-21-18(23)11-26-15-6-3-14(20)4-7-15/h2-9H,10-11H2,1H3,(H,21,23)(H,22,24). The number of carbonyl (C=O) groups excluding carboxylic acids is 1. The van der Waals surface area contributed by atoms with Crippen molar-refractivity contribution in [1.82, 2.24) is 10.3 Å². The average Bonchev–Trinajstić information content (AvgIpc) is 2.65. The van der Waals surface area contributed by atoms with Gasteiger partial charge in [0.1, 0.15) is 11.5 Å². The molecule has 1 heterocycles. The summed E-state index contributed by atoms with van der Waals surface area (Å²) in [7, 11) is 1.56. The van der Waals surface area contributed by atoms with E-state index in [1.165, 1.54) is 0 Å². The molecule has 0 saturated carbocycles. The molecule has 0 fully saturated rings. The van der Waals surface area contributed by atoms with Crippen molar-refractivity contribution in [2.24, 2.45) is 0 Å². The lowest BCUT2D eigenvalue weighted by Crippen LogP contribution is -2.30. The summed E-state index contributed by atoms with van der Waals surface area (Å²) < 4.78 is 10.5. The summed E-state index contributed by atoms with van der Waals surface area (Å²) in [5, 5.41) is 4.12. The number of aromatic nitrogens is 1. The summed E-state index contributed by atoms with van der Waals surface area (Å²) in [6, 6.07) is 13.9. The van der Waals surface area contributed by atoms with E-state index in [0.29, 0.717) is 27.6 Å². The number of pyridine rings is 1. The van der Waals surface area contributed by atoms with Gasteiger partial charge in [0.25, 0.3) is 11.5 Å². The Morgan fingerprint density at radius 1 is 1.12 bits per heavy atom. The maximum atomic E-state index is 12.2. The molecule has 134 valence electrons. The molecule has 0 aliphatic rings. The van der Waals surface area contributed by atoms with E-state index in [-0.39, 0.29) is 24.6 Å². The molecule has 1 aromatic heterocycles. The minimum Gasteiger partial charge on any atom is -0.497 e. The normalized spacial score (nSPS) is 10.5. The third-order valence-corrected chi connectivity index (χ3v) is 4.04. The maximum Gasteiger partial charge on any atom is 0.258 e. The number of aromatic amines is 1. The van der Waals surface area contributed by atoms with Gasteiger partial charge in [0.15, 0.2) is 6.61 Å². The Labute approximate surface area is 154 Å². The Kier molecular flexibility index (Phi) is 5.43. The highest BCUT2D eigenvalue weighted by molar-refractivity contribution is 6.30. The van der Waals surface area contributed by atoms with Gasteiger partial charge >= 0.3 is 0 Å². The number of halogens is 1. The van der Waals surface area contributed by atoms with Crippen LogP contribution in [0.25, 0.3) is 10.9 Å². The molecule has 0 atom stereocenters. The summed E-state index contributed by atoms with van der Waals surface area (Å²) in [4.78, 5) is 26.9. The molecule has 2 N–H and O–H groups in total. The first kappa shape index (κ1) is 17.8. The Hall–Kier alpha value is -2.99. The fourth-order valence-corrected chi connectivity index (χ4v) is 2.53. The Balaban J connectivity index is 1.61. The molecule has 0 spiro atoms. The second-order valence-corrected chi connectivity index (χ2v) is 6.03. The van der Waals surface area contributed by atoms with Gasteiger partial charge in [0.2, 0.25) is 0 Å². The molecule has 0 bridgehead atoms. The van der Waals surface area contributed by atoms with E-state index in [9.17, 15) is 9.59 Å². The number of H-pyrrole nitrogens is 1. The molecule has 26 heavy (non-hydrogen) atoms. The van der Waals surface area contributed by atoms with Crippen molar-refractivity contribution in [3.63, 3.8) is 0 Å². The number of benzene rings is 2. The number of rotatable bonds is 6. The van der Waals surface area contributed by atoms with Crippen molar-refractivity contribution in [1.29, 1.82) is 0 Å². The summed E-state index contributed by atoms with van der Waals surface area (Å²) in [6.07, 6.45) is 0. The Morgan fingerprint density at radius 2 is 1.85 bits per heavy atom. The van der Waals surface area contributed by atoms with Crippen molar-refractivity contribution in [3.8, 4) is 11.5 Å². The van der Waals surface area contributed by atoms with Crippen molar-refractivity contribution < 1.29 is 14.3 Å². The van der Waals surface area contributed by atoms with Crippen LogP contribution in [0, 0.1) is 0 Å². The molecule has 2 aromatic carbocycles. The molecule has 0 saturated heterocycles. The first-order chi connectivity index (χ1) is 12.5. The van der Waals surface area contributed by atoms with Crippen LogP contribution in [0.15, 0.2) is 53.3 Å². The predicted octanol–water partition coefficient (Wildman–Crippen LogP) is 2.89. The summed E-state index contributed by atoms with van der Waals surface area (Å²) in [5.41, 5.74) is 0.877. The number of methoxy groups -OCH3 is 1. The number of amides is 1. The third kappa shape index (κ3) is 4.34. The van der Waals surface area contributed by atoms with Crippen LogP contribution in [0.5, 0.6) is 11.5 Å². The summed E-state index contributed by atoms with van der Waals surface area (Å²) in [6.45, 7) is -0.0373. The molecule has 3 aromatic rings. The molecule has 6 nitrogen and oxygen atoms in total. The lowest BCUT2D eigenvalue weighted by atomic mass is 10.1. The number of hydrogen-bond acceptors (Lipinski definition) is 4. The van der Waals surface area contributed by atoms with Crippen molar-refractivity contribution in [3.05, 3.63) is 69.5 Å². The monoisotopic (exact) mass is 372 g/mol. The van der Waals surface area contributed by atoms with Crippen LogP contribution in [0.4, 0.5) is 0 Å². The molecule has 0 unspecified atom stereocenters. The van der Waals surface area contributed by atoms with Crippen LogP contribution >= 0.6 is 11.6 Å². The minimum absolute atomic E-state index is 0.111. The van der Waals surface area contributed by atoms with Crippen LogP contribution in [-0.4, -0.2) is 24.6 Å². The van der Waals surface area contributed by atoms with Gasteiger partial charge in [-0.1, -0.05) is 11.6 Å². The fraction of sp³-hybridized carbons (Fsp3) is 0.158. The second kappa shape index (κ2) is 7.93. The quantitative estimate of drug-likeness (QED) is 0.697. The van der Waals surface area contributed by atoms with E-state index in [4.69, 9.17) is 21.1 Å². The molecular weight excluding hydrogens is 356 g/mol. The molecule has 0 aliphatic heterocycles. The lowest BCUT2D eigenvalue weighted by molar-refractivity contribution is -0.123. The fourth-order valence-electron chi connectivity index (χ4n) is 2.41. The van der Waals surface area contributed by atoms with Crippen LogP contribution in [0.3, 0.4) is 0 Å². The van der Waals surface area contributed by atoms with Gasteiger partial charge in [-0.3, -0.25) is 9.59 Å². The smallest absolute Gasteiger partial charge is 0.258 e. The summed E-state index contributed by atoms with van der Waals surface area (Å²) >= 11 is 5.79. The first-order valence-corrected chi connectivity index (χ1v) is 8.28. The van der Waals surface area contributed by atoms with Gasteiger partial charge in [-0.05, 0) is 47.9 Å². The number of fused-ring (bicyclic) bond motifs is 1. The molecule has 7 heteroatoms. The zero-order valence-corrected chi connectivity index (χ0v) is 14.8. The van der Waals surface area contributed by atoms with E-state index in [2.05, 4.69) is 10.3 Å². The van der Waals surface area contributed by atoms with Gasteiger partial charge in [-0.15, -0.1) is 0 Å². The third-order valence-electron chi connectivity index (χ3n) is 3.79. The van der Waals surface area contributed by atoms with Crippen molar-refractivity contribution >= 4 is 28.4 Å². The number of nitrogens with one attached hydrogen (secondary N) is 2. The topological polar surface area (TPSA) is 80.4 Å². The summed E-state index contributed by atoms with van der Waals surface area (Å²) in [5.74, 6) is 0.879. The lowest BCUT2D eigenvalue weighted by Gasteiger charge is -2.08. The van der Waals surface area contributed by atoms with Crippen molar-refractivity contribution in [2.45, 2.75) is 6.54 Å². The predicted molar refractivity (Wildman–Crippen MR) is 99.9 cm³/mol. The van der Waals surface area contributed by atoms with Crippen LogP contribution < -0.4 is 20.3 Å². The van der Waals surface area contributed by atoms with E-state index in [1.807, 2.05) is 12.1 Å². The molecule has 1 amide bonds. The highest BCUT2D eigenvalue weighted by atomic mass is 35.5. The Morgan fingerprint density at radius 3 is 2.58 bits per heavy atom. The van der Waals surface area contributed by atoms with E-state index >= 15 is 0 Å². The van der Waals surface area contributed by atoms with Crippen LogP contribution in [-0.2, 0) is 11.3 Å². The largest absolute Gasteiger partial charge is 0.497 e. The average molecular weight is 373 g/mol. The van der Waals surface area contributed by atoms with Crippen molar-refractivity contribution in [2.75, 3.05) is 13.7 Å². The zero-order valence-electron chi connectivity index (χ0n) is 14.0. The van der Waals surface area contributed by atoms with Crippen LogP contribution in [0.2, 0.25) is 5.02 Å². The SMILES string of the molecule is COc1ccc2cc(CNC(=O)COc3ccc(Cl)cc3)c(=O)[nH]c2c1. The second-order valence-electron chi connectivity index (χ2n) is 5.60. The molecule has 0 radical (unpaired) electrons. The highest BCUT2D eigenvalue weighted by Crippen LogP contribution is 2.18. The van der Waals surface area contributed by atoms with Gasteiger partial charge in [0.05, 0.1) is 12.6 Å². The number of ether oxygens (including phenoxy) is 2. The minimum atomic E-state index is -0.325. The first-order valence-electron chi connectivity index (χ1n) is 7.90. The van der Waals surface area contributed by atoms with E-state index in [1.54, 1.807) is 43.5 Å². The van der Waals surface area contributed by atoms with Crippen LogP contribution in [0.1, 0.15) is 5.56 Å². The zero-order chi connectivity index (χ0) is 18.5. The van der Waals surface area contributed by atoms with Gasteiger partial charge in [-0.25, -0.2) is 0 Å². The highest BCUT2D eigenvalue weighted by Gasteiger charge is 2.07. The van der Waals surface area contributed by atoms with Gasteiger partial charge in [0, 0.05) is 23.2 Å². The van der Waals surface area contributed by atoms with E-state index in [0.717, 1.165) is 5.39 Å². The van der Waals surface area contributed by atoms with E-state index < -0.39 is 0 Å². The molecular formula is C19H17ClN2O4. The van der Waals surface area contributed by atoms with Gasteiger partial charge in [-0.2, -0.15) is 0 Å².